The van der Waals surface area contributed by atoms with Crippen molar-refractivity contribution in [2.24, 2.45) is 0 Å². The van der Waals surface area contributed by atoms with Crippen molar-refractivity contribution >= 4 is 11.0 Å². The van der Waals surface area contributed by atoms with Crippen LogP contribution in [0.5, 0.6) is 23.0 Å². The first kappa shape index (κ1) is 19.3. The molecule has 7 nitrogen and oxygen atoms in total. The third-order valence-corrected chi connectivity index (χ3v) is 5.54. The smallest absolute Gasteiger partial charge is 0.336 e. The van der Waals surface area contributed by atoms with E-state index < -0.39 is 5.63 Å². The number of nitrogens with zero attached hydrogens (tertiary/aromatic N) is 1. The largest absolute Gasteiger partial charge is 0.492 e. The van der Waals surface area contributed by atoms with Crippen molar-refractivity contribution in [1.82, 2.24) is 4.90 Å². The van der Waals surface area contributed by atoms with Gasteiger partial charge in [0.1, 0.15) is 24.0 Å². The average Bonchev–Trinajstić information content (AvgIpc) is 3.24. The molecule has 7 heteroatoms. The topological polar surface area (TPSA) is 70.4 Å². The Morgan fingerprint density at radius 1 is 1.19 bits per heavy atom. The van der Waals surface area contributed by atoms with Crippen LogP contribution in [0.4, 0.5) is 0 Å². The van der Waals surface area contributed by atoms with Crippen LogP contribution in [0.1, 0.15) is 17.2 Å². The lowest BCUT2D eigenvalue weighted by atomic mass is 9.91. The van der Waals surface area contributed by atoms with Gasteiger partial charge in [0.05, 0.1) is 7.11 Å². The molecule has 5 rings (SSSR count). The Balaban J connectivity index is 1.39. The van der Waals surface area contributed by atoms with Crippen molar-refractivity contribution in [3.05, 3.63) is 57.9 Å². The minimum atomic E-state index is -0.391. The predicted molar refractivity (Wildman–Crippen MR) is 114 cm³/mol. The molecule has 1 aromatic heterocycles. The average molecular weight is 419 g/mol. The maximum atomic E-state index is 11.4. The Morgan fingerprint density at radius 3 is 2.94 bits per heavy atom. The first-order chi connectivity index (χ1) is 15.1. The summed E-state index contributed by atoms with van der Waals surface area (Å²) in [7, 11) is 3.68. The molecule has 0 fully saturated rings. The number of ether oxygens (including phenoxy) is 4. The van der Waals surface area contributed by atoms with Gasteiger partial charge < -0.3 is 23.4 Å². The van der Waals surface area contributed by atoms with Gasteiger partial charge in [0.2, 0.25) is 12.5 Å². The molecular weight excluding hydrogens is 398 g/mol. The lowest BCUT2D eigenvalue weighted by molar-refractivity contribution is 0.171. The van der Waals surface area contributed by atoms with Gasteiger partial charge in [-0.3, -0.25) is 4.90 Å². The number of hydrogen-bond acceptors (Lipinski definition) is 7. The number of likely N-dealkylation sites (N-methyl/N-ethyl adjacent to an activating group) is 1. The molecule has 0 N–H and O–H groups in total. The van der Waals surface area contributed by atoms with Gasteiger partial charge in [-0.2, -0.15) is 0 Å². The summed E-state index contributed by atoms with van der Waals surface area (Å²) in [6, 6.07) is 10.4. The van der Waals surface area contributed by atoms with Crippen molar-refractivity contribution in [3.8, 4) is 34.8 Å². The highest BCUT2D eigenvalue weighted by molar-refractivity contribution is 5.77. The highest BCUT2D eigenvalue weighted by Gasteiger charge is 2.33. The fraction of sp³-hybridized carbons (Fsp3) is 0.292. The van der Waals surface area contributed by atoms with Crippen LogP contribution in [0.25, 0.3) is 11.0 Å². The number of methoxy groups -OCH3 is 1. The Bertz CT molecular complexity index is 1270. The zero-order valence-electron chi connectivity index (χ0n) is 17.3. The number of hydrogen-bond donors (Lipinski definition) is 0. The summed E-state index contributed by atoms with van der Waals surface area (Å²) < 4.78 is 27.8. The van der Waals surface area contributed by atoms with E-state index in [4.69, 9.17) is 23.4 Å². The second kappa shape index (κ2) is 7.89. The van der Waals surface area contributed by atoms with Gasteiger partial charge in [-0.15, -0.1) is 0 Å². The maximum Gasteiger partial charge on any atom is 0.336 e. The van der Waals surface area contributed by atoms with Gasteiger partial charge >= 0.3 is 5.63 Å². The van der Waals surface area contributed by atoms with E-state index in [1.54, 1.807) is 19.2 Å². The molecule has 0 spiro atoms. The molecule has 158 valence electrons. The fourth-order valence-electron chi connectivity index (χ4n) is 4.00. The second-order valence-electron chi connectivity index (χ2n) is 7.41. The first-order valence-electron chi connectivity index (χ1n) is 9.99. The molecule has 1 unspecified atom stereocenters. The third-order valence-electron chi connectivity index (χ3n) is 5.54. The van der Waals surface area contributed by atoms with Crippen molar-refractivity contribution in [1.29, 1.82) is 0 Å². The molecule has 3 heterocycles. The van der Waals surface area contributed by atoms with Crippen LogP contribution in [-0.2, 0) is 6.42 Å². The lowest BCUT2D eigenvalue weighted by Crippen LogP contribution is -2.31. The Labute approximate surface area is 179 Å². The molecule has 1 atom stereocenters. The van der Waals surface area contributed by atoms with Crippen LogP contribution in [0.3, 0.4) is 0 Å². The van der Waals surface area contributed by atoms with Crippen LogP contribution >= 0.6 is 0 Å². The highest BCUT2D eigenvalue weighted by Crippen LogP contribution is 2.49. The van der Waals surface area contributed by atoms with E-state index in [0.29, 0.717) is 22.8 Å². The minimum Gasteiger partial charge on any atom is -0.492 e. The SMILES string of the molecule is COc1c2c(cc3c1C(C#CCOc1ccc4ccc(=O)oc4c1)N(C)CC3)OCO2. The standard InChI is InChI=1S/C24H21NO6/c1-25-10-9-16-12-20-23(30-14-29-20)24(27-2)22(16)18(25)4-3-11-28-17-7-5-15-6-8-21(26)31-19(15)13-17/h5-8,12-13,18H,9-11,14H2,1-2H3. The summed E-state index contributed by atoms with van der Waals surface area (Å²) >= 11 is 0. The second-order valence-corrected chi connectivity index (χ2v) is 7.41. The summed E-state index contributed by atoms with van der Waals surface area (Å²) in [5, 5.41) is 0.837. The van der Waals surface area contributed by atoms with Gasteiger partial charge in [-0.1, -0.05) is 11.8 Å². The van der Waals surface area contributed by atoms with Crippen molar-refractivity contribution in [3.63, 3.8) is 0 Å². The zero-order valence-corrected chi connectivity index (χ0v) is 17.3. The molecule has 0 radical (unpaired) electrons. The normalized spacial score (nSPS) is 17.0. The van der Waals surface area contributed by atoms with Crippen LogP contribution in [0.2, 0.25) is 0 Å². The molecule has 0 bridgehead atoms. The van der Waals surface area contributed by atoms with E-state index in [1.807, 2.05) is 25.2 Å². The monoisotopic (exact) mass is 419 g/mol. The number of benzene rings is 2. The molecule has 0 amide bonds. The Morgan fingerprint density at radius 2 is 2.06 bits per heavy atom. The van der Waals surface area contributed by atoms with Crippen molar-refractivity contribution in [2.75, 3.05) is 34.1 Å². The molecular formula is C24H21NO6. The zero-order chi connectivity index (χ0) is 21.4. The van der Waals surface area contributed by atoms with Gasteiger partial charge in [-0.25, -0.2) is 4.79 Å². The van der Waals surface area contributed by atoms with Crippen LogP contribution < -0.4 is 24.6 Å². The van der Waals surface area contributed by atoms with E-state index in [1.165, 1.54) is 6.07 Å². The summed E-state index contributed by atoms with van der Waals surface area (Å²) in [6.45, 7) is 1.27. The quantitative estimate of drug-likeness (QED) is 0.477. The van der Waals surface area contributed by atoms with Gasteiger partial charge in [0, 0.05) is 29.6 Å². The maximum absolute atomic E-state index is 11.4. The van der Waals surface area contributed by atoms with Gasteiger partial charge in [-0.05, 0) is 43.3 Å². The van der Waals surface area contributed by atoms with Crippen LogP contribution in [-0.4, -0.2) is 39.0 Å². The van der Waals surface area contributed by atoms with E-state index >= 15 is 0 Å². The van der Waals surface area contributed by atoms with E-state index in [-0.39, 0.29) is 19.4 Å². The summed E-state index contributed by atoms with van der Waals surface area (Å²) in [4.78, 5) is 13.6. The van der Waals surface area contributed by atoms with Gasteiger partial charge in [0.15, 0.2) is 11.5 Å². The molecule has 31 heavy (non-hydrogen) atoms. The summed E-state index contributed by atoms with van der Waals surface area (Å²) in [5.74, 6) is 9.06. The van der Waals surface area contributed by atoms with E-state index in [9.17, 15) is 4.79 Å². The van der Waals surface area contributed by atoms with Crippen molar-refractivity contribution in [2.45, 2.75) is 12.5 Å². The number of rotatable bonds is 3. The molecule has 3 aromatic rings. The van der Waals surface area contributed by atoms with E-state index in [2.05, 4.69) is 16.7 Å². The minimum absolute atomic E-state index is 0.147. The summed E-state index contributed by atoms with van der Waals surface area (Å²) in [6.07, 6.45) is 0.885. The van der Waals surface area contributed by atoms with Gasteiger partial charge in [0.25, 0.3) is 0 Å². The molecule has 0 aliphatic carbocycles. The third kappa shape index (κ3) is 3.56. The lowest BCUT2D eigenvalue weighted by Gasteiger charge is -2.32. The van der Waals surface area contributed by atoms with Crippen LogP contribution in [0, 0.1) is 11.8 Å². The van der Waals surface area contributed by atoms with E-state index in [0.717, 1.165) is 35.2 Å². The molecule has 2 aliphatic heterocycles. The van der Waals surface area contributed by atoms with Crippen LogP contribution in [0.15, 0.2) is 45.6 Å². The summed E-state index contributed by atoms with van der Waals surface area (Å²) in [5.41, 5.74) is 2.27. The highest BCUT2D eigenvalue weighted by atomic mass is 16.7. The Kier molecular flexibility index (Phi) is 4.92. The fourth-order valence-corrected chi connectivity index (χ4v) is 4.00. The first-order valence-corrected chi connectivity index (χ1v) is 9.99. The predicted octanol–water partition coefficient (Wildman–Crippen LogP) is 3.14. The number of fused-ring (bicyclic) bond motifs is 3. The van der Waals surface area contributed by atoms with Crippen molar-refractivity contribution < 1.29 is 23.4 Å². The molecule has 2 aromatic carbocycles. The molecule has 2 aliphatic rings. The molecule has 0 saturated heterocycles. The Hall–Kier alpha value is -3.63. The molecule has 0 saturated carbocycles.